The molecule has 8 heteroatoms. The van der Waals surface area contributed by atoms with Crippen molar-refractivity contribution in [3.05, 3.63) is 33.4 Å². The molecule has 1 aromatic rings. The van der Waals surface area contributed by atoms with Crippen molar-refractivity contribution in [3.8, 4) is 0 Å². The molecule has 1 heterocycles. The molecule has 0 bridgehead atoms. The van der Waals surface area contributed by atoms with Crippen molar-refractivity contribution in [1.82, 2.24) is 4.98 Å². The van der Waals surface area contributed by atoms with Gasteiger partial charge in [-0.2, -0.15) is 0 Å². The molecule has 6 nitrogen and oxygen atoms in total. The Morgan fingerprint density at radius 3 is 2.77 bits per heavy atom. The molecule has 0 aliphatic heterocycles. The first-order valence-electron chi connectivity index (χ1n) is 2.98. The van der Waals surface area contributed by atoms with Crippen LogP contribution >= 0.6 is 15.9 Å². The summed E-state index contributed by atoms with van der Waals surface area (Å²) in [5, 5.41) is 0. The van der Waals surface area contributed by atoms with E-state index in [9.17, 15) is 8.42 Å². The summed E-state index contributed by atoms with van der Waals surface area (Å²) in [6, 6.07) is 1.30. The largest absolute Gasteiger partial charge is 0.265 e. The van der Waals surface area contributed by atoms with Gasteiger partial charge in [0.05, 0.1) is 4.90 Å². The summed E-state index contributed by atoms with van der Waals surface area (Å²) in [6.45, 7) is 0. The fourth-order valence-corrected chi connectivity index (χ4v) is 1.81. The highest BCUT2D eigenvalue weighted by molar-refractivity contribution is 9.10. The predicted molar refractivity (Wildman–Crippen MR) is 48.3 cm³/mol. The Kier molecular flexibility index (Phi) is 2.86. The van der Waals surface area contributed by atoms with Gasteiger partial charge in [-0.3, -0.25) is 4.98 Å². The van der Waals surface area contributed by atoms with Gasteiger partial charge in [-0.15, -0.1) is 0 Å². The summed E-state index contributed by atoms with van der Waals surface area (Å²) in [5.74, 6) is 0. The summed E-state index contributed by atoms with van der Waals surface area (Å²) < 4.78 is 25.4. The van der Waals surface area contributed by atoms with E-state index in [1.807, 2.05) is 0 Å². The second-order valence-corrected chi connectivity index (χ2v) is 4.49. The maximum Gasteiger partial charge on any atom is 0.265 e. The maximum atomic E-state index is 11.1. The van der Waals surface area contributed by atoms with Gasteiger partial charge in [-0.05, 0) is 27.5 Å². The van der Waals surface area contributed by atoms with E-state index < -0.39 is 10.0 Å². The van der Waals surface area contributed by atoms with Crippen LogP contribution in [0.3, 0.4) is 0 Å². The lowest BCUT2D eigenvalue weighted by atomic mass is 10.5. The molecule has 1 aromatic heterocycles. The third-order valence-corrected chi connectivity index (χ3v) is 2.66. The number of hydrogen-bond acceptors (Lipinski definition) is 3. The van der Waals surface area contributed by atoms with E-state index in [-0.39, 0.29) is 4.90 Å². The van der Waals surface area contributed by atoms with Gasteiger partial charge < -0.3 is 0 Å². The van der Waals surface area contributed by atoms with Crippen LogP contribution in [0.4, 0.5) is 0 Å². The predicted octanol–water partition coefficient (Wildman–Crippen LogP) is 1.84. The van der Waals surface area contributed by atoms with Crippen molar-refractivity contribution in [2.45, 2.75) is 4.90 Å². The van der Waals surface area contributed by atoms with E-state index in [0.29, 0.717) is 4.47 Å². The Labute approximate surface area is 82.4 Å². The van der Waals surface area contributed by atoms with Crippen LogP contribution in [0.2, 0.25) is 0 Å². The van der Waals surface area contributed by atoms with Crippen molar-refractivity contribution >= 4 is 26.0 Å². The third kappa shape index (κ3) is 2.41. The molecule has 0 aromatic carbocycles. The van der Waals surface area contributed by atoms with Crippen LogP contribution in [0, 0.1) is 0 Å². The summed E-state index contributed by atoms with van der Waals surface area (Å²) in [7, 11) is -3.92. The molecule has 0 radical (unpaired) electrons. The van der Waals surface area contributed by atoms with Gasteiger partial charge in [0.25, 0.3) is 10.0 Å². The highest BCUT2D eigenvalue weighted by Gasteiger charge is 2.11. The van der Waals surface area contributed by atoms with Gasteiger partial charge in [0.1, 0.15) is 0 Å². The zero-order valence-corrected chi connectivity index (χ0v) is 8.53. The molecule has 0 N–H and O–H groups in total. The van der Waals surface area contributed by atoms with Crippen LogP contribution in [-0.2, 0) is 10.0 Å². The molecule has 1 rings (SSSR count). The van der Waals surface area contributed by atoms with Crippen LogP contribution < -0.4 is 0 Å². The van der Waals surface area contributed by atoms with Crippen molar-refractivity contribution in [2.24, 2.45) is 4.52 Å². The molecule has 0 saturated carbocycles. The number of pyridine rings is 1. The van der Waals surface area contributed by atoms with E-state index >= 15 is 0 Å². The molecule has 0 spiro atoms. The first-order valence-corrected chi connectivity index (χ1v) is 5.21. The number of hydrogen-bond donors (Lipinski definition) is 0. The van der Waals surface area contributed by atoms with Crippen LogP contribution in [0.1, 0.15) is 0 Å². The SMILES string of the molecule is [N-]=[N+]=NS(=O)(=O)c1cncc(Br)c1. The van der Waals surface area contributed by atoms with Crippen molar-refractivity contribution < 1.29 is 8.42 Å². The highest BCUT2D eigenvalue weighted by atomic mass is 79.9. The summed E-state index contributed by atoms with van der Waals surface area (Å²) in [4.78, 5) is 5.69. The average molecular weight is 263 g/mol. The lowest BCUT2D eigenvalue weighted by Crippen LogP contribution is -1.95. The molecule has 68 valence electrons. The second kappa shape index (κ2) is 3.73. The van der Waals surface area contributed by atoms with Gasteiger partial charge in [0.15, 0.2) is 0 Å². The van der Waals surface area contributed by atoms with E-state index in [1.165, 1.54) is 12.3 Å². The van der Waals surface area contributed by atoms with Gasteiger partial charge >= 0.3 is 0 Å². The molecule has 0 amide bonds. The van der Waals surface area contributed by atoms with Crippen LogP contribution in [0.25, 0.3) is 10.4 Å². The first-order chi connectivity index (χ1) is 6.06. The standard InChI is InChI=1S/C5H3BrN4O2S/c6-4-1-5(3-8-2-4)13(11,12)10-9-7/h1-3H. The third-order valence-electron chi connectivity index (χ3n) is 1.12. The molecular weight excluding hydrogens is 260 g/mol. The summed E-state index contributed by atoms with van der Waals surface area (Å²) >= 11 is 3.04. The Hall–Kier alpha value is -1.11. The van der Waals surface area contributed by atoms with E-state index in [1.54, 1.807) is 0 Å². The Bertz CT molecular complexity index is 465. The molecule has 13 heavy (non-hydrogen) atoms. The van der Waals surface area contributed by atoms with Gasteiger partial charge in [-0.1, -0.05) is 0 Å². The van der Waals surface area contributed by atoms with Gasteiger partial charge in [0, 0.05) is 26.3 Å². The van der Waals surface area contributed by atoms with E-state index in [2.05, 4.69) is 30.3 Å². The van der Waals surface area contributed by atoms with Crippen LogP contribution in [-0.4, -0.2) is 13.4 Å². The van der Waals surface area contributed by atoms with Crippen LogP contribution in [0.5, 0.6) is 0 Å². The minimum absolute atomic E-state index is 0.139. The van der Waals surface area contributed by atoms with Crippen LogP contribution in [0.15, 0.2) is 32.3 Å². The normalized spacial score (nSPS) is 10.5. The molecule has 0 fully saturated rings. The Morgan fingerprint density at radius 1 is 1.54 bits per heavy atom. The lowest BCUT2D eigenvalue weighted by Gasteiger charge is -1.95. The fraction of sp³-hybridized carbons (Fsp3) is 0. The van der Waals surface area contributed by atoms with E-state index in [4.69, 9.17) is 5.53 Å². The second-order valence-electron chi connectivity index (χ2n) is 1.99. The summed E-state index contributed by atoms with van der Waals surface area (Å²) in [6.07, 6.45) is 2.53. The maximum absolute atomic E-state index is 11.1. The lowest BCUT2D eigenvalue weighted by molar-refractivity contribution is 0.597. The molecule has 0 atom stereocenters. The number of sulfonamides is 1. The van der Waals surface area contributed by atoms with Gasteiger partial charge in [-0.25, -0.2) is 8.42 Å². The highest BCUT2D eigenvalue weighted by Crippen LogP contribution is 2.16. The Balaban J connectivity index is 3.31. The minimum atomic E-state index is -3.92. The average Bonchev–Trinajstić information content (AvgIpc) is 2.04. The zero-order valence-electron chi connectivity index (χ0n) is 6.12. The van der Waals surface area contributed by atoms with Gasteiger partial charge in [0.2, 0.25) is 0 Å². The van der Waals surface area contributed by atoms with Crippen molar-refractivity contribution in [1.29, 1.82) is 0 Å². The van der Waals surface area contributed by atoms with Crippen molar-refractivity contribution in [2.75, 3.05) is 0 Å². The topological polar surface area (TPSA) is 95.8 Å². The van der Waals surface area contributed by atoms with E-state index in [0.717, 1.165) is 6.20 Å². The van der Waals surface area contributed by atoms with Crippen molar-refractivity contribution in [3.63, 3.8) is 0 Å². The number of nitrogens with zero attached hydrogens (tertiary/aromatic N) is 4. The molecule has 0 aliphatic rings. The smallest absolute Gasteiger partial charge is 0.262 e. The molecule has 0 saturated heterocycles. The number of halogens is 1. The molecule has 0 aliphatic carbocycles. The fourth-order valence-electron chi connectivity index (χ4n) is 0.629. The quantitative estimate of drug-likeness (QED) is 0.462. The monoisotopic (exact) mass is 262 g/mol. The number of rotatable bonds is 2. The zero-order chi connectivity index (χ0) is 9.90. The number of azide groups is 1. The minimum Gasteiger partial charge on any atom is -0.262 e. The molecular formula is C5H3BrN4O2S. The molecule has 0 unspecified atom stereocenters. The summed E-state index contributed by atoms with van der Waals surface area (Å²) in [5.41, 5.74) is 7.98. The Morgan fingerprint density at radius 2 is 2.23 bits per heavy atom. The first kappa shape index (κ1) is 9.97. The number of aromatic nitrogens is 1.